The summed E-state index contributed by atoms with van der Waals surface area (Å²) in [5.41, 5.74) is 7.88. The zero-order valence-corrected chi connectivity index (χ0v) is 23.7. The van der Waals surface area contributed by atoms with Crippen molar-refractivity contribution in [3.63, 3.8) is 0 Å². The van der Waals surface area contributed by atoms with Crippen LogP contribution >= 0.6 is 11.6 Å². The highest BCUT2D eigenvalue weighted by molar-refractivity contribution is 7.89. The van der Waals surface area contributed by atoms with E-state index in [1.54, 1.807) is 55.5 Å². The summed E-state index contributed by atoms with van der Waals surface area (Å²) in [6.07, 6.45) is 0.900. The van der Waals surface area contributed by atoms with Crippen molar-refractivity contribution in [3.8, 4) is 22.7 Å². The van der Waals surface area contributed by atoms with Crippen LogP contribution in [0.2, 0.25) is 5.02 Å². The molecule has 0 saturated heterocycles. The topological polar surface area (TPSA) is 133 Å². The molecule has 41 heavy (non-hydrogen) atoms. The minimum absolute atomic E-state index is 0.0305. The van der Waals surface area contributed by atoms with Crippen LogP contribution in [-0.2, 0) is 20.2 Å². The van der Waals surface area contributed by atoms with Crippen LogP contribution in [-0.4, -0.2) is 36.5 Å². The first-order valence-corrected chi connectivity index (χ1v) is 14.9. The van der Waals surface area contributed by atoms with E-state index in [1.807, 2.05) is 24.3 Å². The molecule has 1 aromatic heterocycles. The summed E-state index contributed by atoms with van der Waals surface area (Å²) in [7, 11) is -3.66. The Balaban J connectivity index is 1.43. The maximum absolute atomic E-state index is 15.5. The molecule has 0 aliphatic heterocycles. The van der Waals surface area contributed by atoms with Crippen molar-refractivity contribution in [1.82, 2.24) is 14.5 Å². The van der Waals surface area contributed by atoms with Crippen molar-refractivity contribution in [1.29, 1.82) is 0 Å². The predicted octanol–water partition coefficient (Wildman–Crippen LogP) is 5.05. The lowest BCUT2D eigenvalue weighted by molar-refractivity contribution is -0.121. The number of ether oxygens (including phenoxy) is 1. The van der Waals surface area contributed by atoms with E-state index in [4.69, 9.17) is 22.1 Å². The van der Waals surface area contributed by atoms with Crippen LogP contribution in [0.3, 0.4) is 0 Å². The summed E-state index contributed by atoms with van der Waals surface area (Å²) in [5.74, 6) is -2.34. The lowest BCUT2D eigenvalue weighted by atomic mass is 9.93. The number of primary amides is 1. The number of benzene rings is 3. The molecule has 4 aromatic rings. The van der Waals surface area contributed by atoms with Gasteiger partial charge >= 0.3 is 6.09 Å². The summed E-state index contributed by atoms with van der Waals surface area (Å²) in [6.45, 7) is 1.74. The molecule has 1 atom stereocenters. The number of nitrogens with one attached hydrogen (secondary N) is 1. The Hall–Kier alpha value is -4.22. The zero-order valence-electron chi connectivity index (χ0n) is 22.1. The second kappa shape index (κ2) is 10.6. The van der Waals surface area contributed by atoms with Crippen LogP contribution < -0.4 is 15.2 Å². The van der Waals surface area contributed by atoms with E-state index in [0.29, 0.717) is 29.1 Å². The summed E-state index contributed by atoms with van der Waals surface area (Å²) < 4.78 is 46.8. The predicted molar refractivity (Wildman–Crippen MR) is 152 cm³/mol. The third-order valence-corrected chi connectivity index (χ3v) is 8.04. The highest BCUT2D eigenvalue weighted by Gasteiger charge is 2.52. The van der Waals surface area contributed by atoms with Crippen molar-refractivity contribution in [3.05, 3.63) is 100 Å². The fourth-order valence-corrected chi connectivity index (χ4v) is 5.65. The van der Waals surface area contributed by atoms with E-state index in [0.717, 1.165) is 22.9 Å². The number of carbonyl (C=O) groups is 2. The molecule has 9 nitrogen and oxygen atoms in total. The maximum atomic E-state index is 15.5. The fourth-order valence-electron chi connectivity index (χ4n) is 4.82. The first kappa shape index (κ1) is 28.3. The molecule has 1 fully saturated rings. The number of halogens is 2. The second-order valence-electron chi connectivity index (χ2n) is 9.99. The Labute approximate surface area is 241 Å². The molecule has 212 valence electrons. The molecule has 3 N–H and O–H groups in total. The molecule has 0 spiro atoms. The van der Waals surface area contributed by atoms with Crippen LogP contribution in [0.15, 0.2) is 72.8 Å². The summed E-state index contributed by atoms with van der Waals surface area (Å²) in [4.78, 5) is 24.1. The van der Waals surface area contributed by atoms with Crippen molar-refractivity contribution in [2.45, 2.75) is 31.1 Å². The number of nitrogens with two attached hydrogens (primary N) is 1. The van der Waals surface area contributed by atoms with Gasteiger partial charge in [-0.2, -0.15) is 14.2 Å². The first-order valence-electron chi connectivity index (χ1n) is 12.6. The molecule has 1 aliphatic carbocycles. The van der Waals surface area contributed by atoms with Crippen molar-refractivity contribution < 1.29 is 27.1 Å². The number of hydrogen-bond donors (Lipinski definition) is 2. The van der Waals surface area contributed by atoms with Gasteiger partial charge < -0.3 is 10.5 Å². The SMILES string of the molecule is C[C@H](c1ccccc1Cl)c1nn(-c2ccc(-c3ccc(C4(C(=O)NS(C)(=O)=O)CC4)cc3)cc2)c(OC(N)=O)c1F. The monoisotopic (exact) mass is 596 g/mol. The number of sulfonamides is 1. The summed E-state index contributed by atoms with van der Waals surface area (Å²) >= 11 is 6.32. The van der Waals surface area contributed by atoms with Gasteiger partial charge in [0.2, 0.25) is 21.7 Å². The molecule has 1 heterocycles. The highest BCUT2D eigenvalue weighted by atomic mass is 35.5. The molecule has 0 radical (unpaired) electrons. The largest absolute Gasteiger partial charge is 0.411 e. The Morgan fingerprint density at radius 1 is 1.05 bits per heavy atom. The lowest BCUT2D eigenvalue weighted by Crippen LogP contribution is -2.38. The smallest absolute Gasteiger partial charge is 0.388 e. The van der Waals surface area contributed by atoms with E-state index in [2.05, 4.69) is 9.82 Å². The molecule has 12 heteroatoms. The molecule has 1 saturated carbocycles. The fraction of sp³-hybridized carbons (Fsp3) is 0.207. The summed E-state index contributed by atoms with van der Waals surface area (Å²) in [6, 6.07) is 21.3. The number of rotatable bonds is 8. The minimum atomic E-state index is -3.66. The van der Waals surface area contributed by atoms with Gasteiger partial charge in [-0.15, -0.1) is 0 Å². The maximum Gasteiger partial charge on any atom is 0.411 e. The zero-order chi connectivity index (χ0) is 29.5. The number of hydrogen-bond acceptors (Lipinski definition) is 6. The van der Waals surface area contributed by atoms with Crippen molar-refractivity contribution in [2.75, 3.05) is 6.26 Å². The average molecular weight is 597 g/mol. The van der Waals surface area contributed by atoms with Gasteiger partial charge in [0.15, 0.2) is 0 Å². The van der Waals surface area contributed by atoms with Crippen molar-refractivity contribution >= 4 is 33.6 Å². The van der Waals surface area contributed by atoms with E-state index in [9.17, 15) is 18.0 Å². The molecule has 0 unspecified atom stereocenters. The van der Waals surface area contributed by atoms with E-state index < -0.39 is 45.1 Å². The molecular formula is C29H26ClFN4O5S. The van der Waals surface area contributed by atoms with Gasteiger partial charge in [-0.3, -0.25) is 9.52 Å². The second-order valence-corrected chi connectivity index (χ2v) is 12.1. The van der Waals surface area contributed by atoms with E-state index >= 15 is 4.39 Å². The first-order chi connectivity index (χ1) is 19.4. The Bertz CT molecular complexity index is 1750. The van der Waals surface area contributed by atoms with Crippen LogP contribution in [0.5, 0.6) is 5.88 Å². The Kier molecular flexibility index (Phi) is 7.35. The van der Waals surface area contributed by atoms with E-state index in [-0.39, 0.29) is 5.69 Å². The van der Waals surface area contributed by atoms with Crippen LogP contribution in [0.1, 0.15) is 42.5 Å². The van der Waals surface area contributed by atoms with Crippen molar-refractivity contribution in [2.24, 2.45) is 5.73 Å². The number of amides is 2. The Morgan fingerprint density at radius 2 is 1.63 bits per heavy atom. The molecule has 2 amide bonds. The third-order valence-electron chi connectivity index (χ3n) is 7.14. The van der Waals surface area contributed by atoms with Crippen LogP contribution in [0.4, 0.5) is 9.18 Å². The van der Waals surface area contributed by atoms with Crippen LogP contribution in [0, 0.1) is 5.82 Å². The molecule has 3 aromatic carbocycles. The van der Waals surface area contributed by atoms with E-state index in [1.165, 1.54) is 4.68 Å². The van der Waals surface area contributed by atoms with Gasteiger partial charge in [0.25, 0.3) is 5.88 Å². The third kappa shape index (κ3) is 5.68. The van der Waals surface area contributed by atoms with Gasteiger partial charge in [-0.05, 0) is 53.3 Å². The number of aromatic nitrogens is 2. The van der Waals surface area contributed by atoms with Gasteiger partial charge in [-0.1, -0.05) is 73.1 Å². The quantitative estimate of drug-likeness (QED) is 0.292. The Morgan fingerprint density at radius 3 is 2.17 bits per heavy atom. The number of nitrogens with zero attached hydrogens (tertiary/aromatic N) is 2. The van der Waals surface area contributed by atoms with Gasteiger partial charge in [0.05, 0.1) is 17.4 Å². The van der Waals surface area contributed by atoms with Gasteiger partial charge in [-0.25, -0.2) is 13.2 Å². The highest BCUT2D eigenvalue weighted by Crippen LogP contribution is 2.48. The molecule has 1 aliphatic rings. The van der Waals surface area contributed by atoms with Gasteiger partial charge in [0.1, 0.15) is 5.69 Å². The van der Waals surface area contributed by atoms with Gasteiger partial charge in [0, 0.05) is 10.9 Å². The normalized spacial score (nSPS) is 14.7. The number of carbonyl (C=O) groups excluding carboxylic acids is 2. The summed E-state index contributed by atoms with van der Waals surface area (Å²) in [5, 5.41) is 4.86. The molecular weight excluding hydrogens is 571 g/mol. The lowest BCUT2D eigenvalue weighted by Gasteiger charge is -2.15. The minimum Gasteiger partial charge on any atom is -0.388 e. The molecule has 0 bridgehead atoms. The van der Waals surface area contributed by atoms with Crippen LogP contribution in [0.25, 0.3) is 16.8 Å². The standard InChI is InChI=1S/C29H26ClFN4O5S/c1-17(22-5-3-4-6-23(22)30)25-24(31)26(40-28(32)37)35(33-25)21-13-9-19(10-14-21)18-7-11-20(12-8-18)29(15-16-29)27(36)34-41(2,38)39/h3-14,17H,15-16H2,1-2H3,(H2,32,37)(H,34,36)/t17-/m1/s1. The average Bonchev–Trinajstić information content (AvgIpc) is 3.68. The molecule has 5 rings (SSSR count).